The zero-order valence-corrected chi connectivity index (χ0v) is 15.0. The number of carbonyl (C=O) groups is 1. The number of methoxy groups -OCH3 is 2. The van der Waals surface area contributed by atoms with Gasteiger partial charge in [-0.1, -0.05) is 30.3 Å². The minimum absolute atomic E-state index is 0.148. The second kappa shape index (κ2) is 9.48. The van der Waals surface area contributed by atoms with Crippen LogP contribution in [0, 0.1) is 0 Å². The van der Waals surface area contributed by atoms with Crippen molar-refractivity contribution in [3.05, 3.63) is 54.1 Å². The van der Waals surface area contributed by atoms with E-state index in [2.05, 4.69) is 16.2 Å². The average molecular weight is 359 g/mol. The zero-order chi connectivity index (χ0) is 18.1. The Morgan fingerprint density at radius 3 is 2.48 bits per heavy atom. The highest BCUT2D eigenvalue weighted by atomic mass is 32.1. The van der Waals surface area contributed by atoms with Crippen LogP contribution in [-0.4, -0.2) is 25.2 Å². The number of hydrazine groups is 1. The highest BCUT2D eigenvalue weighted by Crippen LogP contribution is 2.28. The van der Waals surface area contributed by atoms with Crippen molar-refractivity contribution in [1.29, 1.82) is 0 Å². The summed E-state index contributed by atoms with van der Waals surface area (Å²) in [6.45, 7) is 0. The second-order valence-corrected chi connectivity index (χ2v) is 5.59. The summed E-state index contributed by atoms with van der Waals surface area (Å²) in [6, 6.07) is 15.1. The van der Waals surface area contributed by atoms with Crippen molar-refractivity contribution in [2.24, 2.45) is 0 Å². The summed E-state index contributed by atoms with van der Waals surface area (Å²) in [6.07, 6.45) is 1.03. The van der Waals surface area contributed by atoms with Crippen LogP contribution in [0.25, 0.3) is 0 Å². The number of anilines is 1. The molecule has 0 heterocycles. The Balaban J connectivity index is 1.81. The molecule has 0 saturated heterocycles. The van der Waals surface area contributed by atoms with E-state index in [9.17, 15) is 4.79 Å². The molecule has 0 fully saturated rings. The van der Waals surface area contributed by atoms with Gasteiger partial charge in [-0.15, -0.1) is 0 Å². The van der Waals surface area contributed by atoms with Crippen molar-refractivity contribution in [3.63, 3.8) is 0 Å². The fraction of sp³-hybridized carbons (Fsp3) is 0.222. The number of hydrogen-bond donors (Lipinski definition) is 3. The number of nitrogens with one attached hydrogen (secondary N) is 3. The SMILES string of the molecule is COc1ccc(OC)c(NC(=S)NNC(=O)CCc2ccccc2)c1. The molecule has 3 N–H and O–H groups in total. The third-order valence-electron chi connectivity index (χ3n) is 3.45. The van der Waals surface area contributed by atoms with Crippen LogP contribution in [0.2, 0.25) is 0 Å². The highest BCUT2D eigenvalue weighted by Gasteiger charge is 2.08. The molecule has 0 aliphatic rings. The molecule has 0 bridgehead atoms. The van der Waals surface area contributed by atoms with Gasteiger partial charge in [-0.3, -0.25) is 15.6 Å². The summed E-state index contributed by atoms with van der Waals surface area (Å²) in [5.41, 5.74) is 7.00. The van der Waals surface area contributed by atoms with Gasteiger partial charge in [-0.25, -0.2) is 0 Å². The van der Waals surface area contributed by atoms with Crippen LogP contribution in [0.15, 0.2) is 48.5 Å². The summed E-state index contributed by atoms with van der Waals surface area (Å²) >= 11 is 5.19. The fourth-order valence-electron chi connectivity index (χ4n) is 2.16. The Labute approximate surface area is 152 Å². The molecule has 1 amide bonds. The van der Waals surface area contributed by atoms with Crippen LogP contribution in [0.4, 0.5) is 5.69 Å². The molecule has 0 aliphatic heterocycles. The summed E-state index contributed by atoms with van der Waals surface area (Å²) in [5, 5.41) is 3.22. The Hall–Kier alpha value is -2.80. The zero-order valence-electron chi connectivity index (χ0n) is 14.2. The van der Waals surface area contributed by atoms with Gasteiger partial charge in [0.15, 0.2) is 5.11 Å². The van der Waals surface area contributed by atoms with Crippen molar-refractivity contribution in [1.82, 2.24) is 10.9 Å². The number of hydrogen-bond acceptors (Lipinski definition) is 4. The maximum Gasteiger partial charge on any atom is 0.238 e. The molecule has 0 atom stereocenters. The molecule has 0 saturated carbocycles. The van der Waals surface area contributed by atoms with Gasteiger partial charge in [0.1, 0.15) is 11.5 Å². The van der Waals surface area contributed by atoms with Gasteiger partial charge in [0.25, 0.3) is 0 Å². The van der Waals surface area contributed by atoms with E-state index in [-0.39, 0.29) is 11.0 Å². The first-order chi connectivity index (χ1) is 12.1. The lowest BCUT2D eigenvalue weighted by Gasteiger charge is -2.15. The number of carbonyl (C=O) groups excluding carboxylic acids is 1. The van der Waals surface area contributed by atoms with Crippen LogP contribution in [0.3, 0.4) is 0 Å². The molecule has 2 aromatic carbocycles. The van der Waals surface area contributed by atoms with Crippen molar-refractivity contribution >= 4 is 28.9 Å². The van der Waals surface area contributed by atoms with Crippen LogP contribution < -0.4 is 25.6 Å². The smallest absolute Gasteiger partial charge is 0.238 e. The van der Waals surface area contributed by atoms with Gasteiger partial charge in [0, 0.05) is 12.5 Å². The molecule has 6 nitrogen and oxygen atoms in total. The first kappa shape index (κ1) is 18.5. The summed E-state index contributed by atoms with van der Waals surface area (Å²) in [7, 11) is 3.14. The van der Waals surface area contributed by atoms with Crippen LogP contribution in [0.5, 0.6) is 11.5 Å². The van der Waals surface area contributed by atoms with Gasteiger partial charge in [-0.2, -0.15) is 0 Å². The molecule has 0 unspecified atom stereocenters. The number of benzene rings is 2. The van der Waals surface area contributed by atoms with Gasteiger partial charge in [0.05, 0.1) is 19.9 Å². The van der Waals surface area contributed by atoms with Crippen LogP contribution >= 0.6 is 12.2 Å². The molecule has 132 valence electrons. The summed E-state index contributed by atoms with van der Waals surface area (Å²) in [5.74, 6) is 1.13. The predicted octanol–water partition coefficient (Wildman–Crippen LogP) is 2.65. The van der Waals surface area contributed by atoms with E-state index in [4.69, 9.17) is 21.7 Å². The normalized spacial score (nSPS) is 9.84. The summed E-state index contributed by atoms with van der Waals surface area (Å²) < 4.78 is 10.4. The van der Waals surface area contributed by atoms with E-state index in [0.717, 1.165) is 5.56 Å². The van der Waals surface area contributed by atoms with Crippen molar-refractivity contribution in [2.75, 3.05) is 19.5 Å². The van der Waals surface area contributed by atoms with Gasteiger partial charge in [-0.05, 0) is 36.3 Å². The van der Waals surface area contributed by atoms with E-state index >= 15 is 0 Å². The van der Waals surface area contributed by atoms with E-state index in [1.807, 2.05) is 30.3 Å². The average Bonchev–Trinajstić information content (AvgIpc) is 2.65. The van der Waals surface area contributed by atoms with Crippen molar-refractivity contribution in [2.45, 2.75) is 12.8 Å². The van der Waals surface area contributed by atoms with Crippen molar-refractivity contribution < 1.29 is 14.3 Å². The Morgan fingerprint density at radius 2 is 1.80 bits per heavy atom. The monoisotopic (exact) mass is 359 g/mol. The summed E-state index contributed by atoms with van der Waals surface area (Å²) in [4.78, 5) is 11.9. The Kier molecular flexibility index (Phi) is 7.03. The molecule has 25 heavy (non-hydrogen) atoms. The fourth-order valence-corrected chi connectivity index (χ4v) is 2.32. The van der Waals surface area contributed by atoms with Crippen LogP contribution in [0.1, 0.15) is 12.0 Å². The number of amides is 1. The largest absolute Gasteiger partial charge is 0.497 e. The number of ether oxygens (including phenoxy) is 2. The number of thiocarbonyl (C=S) groups is 1. The molecule has 0 aromatic heterocycles. The minimum Gasteiger partial charge on any atom is -0.497 e. The predicted molar refractivity (Wildman–Crippen MR) is 102 cm³/mol. The molecule has 0 aliphatic carbocycles. The lowest BCUT2D eigenvalue weighted by atomic mass is 10.1. The lowest BCUT2D eigenvalue weighted by molar-refractivity contribution is -0.121. The third-order valence-corrected chi connectivity index (χ3v) is 3.66. The third kappa shape index (κ3) is 5.96. The molecule has 0 spiro atoms. The number of rotatable bonds is 6. The van der Waals surface area contributed by atoms with E-state index < -0.39 is 0 Å². The van der Waals surface area contributed by atoms with Crippen molar-refractivity contribution in [3.8, 4) is 11.5 Å². The van der Waals surface area contributed by atoms with Crippen LogP contribution in [-0.2, 0) is 11.2 Å². The molecular weight excluding hydrogens is 338 g/mol. The van der Waals surface area contributed by atoms with Gasteiger partial charge < -0.3 is 14.8 Å². The molecule has 7 heteroatoms. The van der Waals surface area contributed by atoms with Gasteiger partial charge in [0.2, 0.25) is 5.91 Å². The minimum atomic E-state index is -0.148. The van der Waals surface area contributed by atoms with E-state index in [1.165, 1.54) is 0 Å². The Morgan fingerprint density at radius 1 is 1.04 bits per heavy atom. The number of aryl methyl sites for hydroxylation is 1. The molecular formula is C18H21N3O3S. The maximum atomic E-state index is 11.9. The quantitative estimate of drug-likeness (QED) is 0.544. The van der Waals surface area contributed by atoms with Gasteiger partial charge >= 0.3 is 0 Å². The molecule has 2 aromatic rings. The van der Waals surface area contributed by atoms with E-state index in [0.29, 0.717) is 30.0 Å². The Bertz CT molecular complexity index is 723. The first-order valence-electron chi connectivity index (χ1n) is 7.74. The standard InChI is InChI=1S/C18H21N3O3S/c1-23-14-9-10-16(24-2)15(12-14)19-18(25)21-20-17(22)11-8-13-6-4-3-5-7-13/h3-7,9-10,12H,8,11H2,1-2H3,(H,20,22)(H2,19,21,25). The molecule has 2 rings (SSSR count). The van der Waals surface area contributed by atoms with E-state index in [1.54, 1.807) is 32.4 Å². The first-order valence-corrected chi connectivity index (χ1v) is 8.15. The maximum absolute atomic E-state index is 11.9. The second-order valence-electron chi connectivity index (χ2n) is 5.18. The highest BCUT2D eigenvalue weighted by molar-refractivity contribution is 7.80. The topological polar surface area (TPSA) is 71.6 Å². The molecule has 0 radical (unpaired) electrons. The lowest BCUT2D eigenvalue weighted by Crippen LogP contribution is -2.43.